The fourth-order valence-electron chi connectivity index (χ4n) is 3.05. The Kier molecular flexibility index (Phi) is 7.11. The van der Waals surface area contributed by atoms with E-state index in [1.807, 2.05) is 36.5 Å². The van der Waals surface area contributed by atoms with Gasteiger partial charge in [0.25, 0.3) is 5.91 Å². The van der Waals surface area contributed by atoms with E-state index >= 15 is 0 Å². The Morgan fingerprint density at radius 3 is 2.55 bits per heavy atom. The predicted molar refractivity (Wildman–Crippen MR) is 116 cm³/mol. The van der Waals surface area contributed by atoms with Crippen molar-refractivity contribution < 1.29 is 27.9 Å². The lowest BCUT2D eigenvalue weighted by atomic mass is 10.1. The molecule has 1 aliphatic heterocycles. The van der Waals surface area contributed by atoms with E-state index in [-0.39, 0.29) is 11.9 Å². The van der Waals surface area contributed by atoms with E-state index in [1.165, 1.54) is 0 Å². The van der Waals surface area contributed by atoms with Gasteiger partial charge in [-0.1, -0.05) is 37.3 Å². The van der Waals surface area contributed by atoms with Crippen LogP contribution in [-0.2, 0) is 9.59 Å². The number of H-pyrrole nitrogens is 1. The standard InChI is InChI=1S/C20H19N5O.C2HF3O2/c1-2-16(13-7-4-3-5-8-13)23-20-24-17(19(26)25-20)11-14-12-22-18-15(14)9-6-10-21-18;3-2(4,5)1(6)7/h3-12,16H,2H2,1H3,(H,21,22)(H2,23,24,25,26);(H,6,7). The van der Waals surface area contributed by atoms with Crippen molar-refractivity contribution in [3.05, 3.63) is 71.7 Å². The molecule has 0 fully saturated rings. The minimum Gasteiger partial charge on any atom is -0.475 e. The molecule has 11 heteroatoms. The number of amides is 1. The first-order chi connectivity index (χ1) is 15.7. The lowest BCUT2D eigenvalue weighted by molar-refractivity contribution is -0.192. The van der Waals surface area contributed by atoms with Gasteiger partial charge in [-0.3, -0.25) is 10.1 Å². The van der Waals surface area contributed by atoms with E-state index < -0.39 is 12.1 Å². The molecule has 0 saturated heterocycles. The molecule has 4 rings (SSSR count). The largest absolute Gasteiger partial charge is 0.490 e. The van der Waals surface area contributed by atoms with Crippen LogP contribution in [0.5, 0.6) is 0 Å². The van der Waals surface area contributed by atoms with Crippen LogP contribution in [-0.4, -0.2) is 39.1 Å². The van der Waals surface area contributed by atoms with Gasteiger partial charge in [-0.05, 0) is 30.2 Å². The molecule has 0 spiro atoms. The molecule has 0 saturated carbocycles. The number of fused-ring (bicyclic) bond motifs is 1. The Labute approximate surface area is 186 Å². The zero-order valence-corrected chi connectivity index (χ0v) is 17.3. The number of alkyl halides is 3. The topological polar surface area (TPSA) is 119 Å². The first-order valence-electron chi connectivity index (χ1n) is 9.84. The van der Waals surface area contributed by atoms with Crippen molar-refractivity contribution in [2.75, 3.05) is 0 Å². The van der Waals surface area contributed by atoms with Crippen molar-refractivity contribution in [1.82, 2.24) is 20.6 Å². The number of aliphatic imine (C=N–C) groups is 1. The second-order valence-corrected chi connectivity index (χ2v) is 6.91. The van der Waals surface area contributed by atoms with Crippen molar-refractivity contribution in [3.8, 4) is 0 Å². The molecule has 33 heavy (non-hydrogen) atoms. The zero-order chi connectivity index (χ0) is 24.0. The number of carboxylic acid groups (broad SMARTS) is 1. The Morgan fingerprint density at radius 1 is 1.21 bits per heavy atom. The summed E-state index contributed by atoms with van der Waals surface area (Å²) in [5, 5.41) is 14.2. The third-order valence-electron chi connectivity index (χ3n) is 4.64. The normalized spacial score (nSPS) is 15.5. The van der Waals surface area contributed by atoms with Crippen LogP contribution in [0.15, 0.2) is 65.5 Å². The molecular weight excluding hydrogens is 439 g/mol. The van der Waals surface area contributed by atoms with Crippen LogP contribution in [0.1, 0.15) is 30.5 Å². The summed E-state index contributed by atoms with van der Waals surface area (Å²) in [5.74, 6) is -2.49. The molecule has 1 aliphatic rings. The van der Waals surface area contributed by atoms with Crippen LogP contribution in [0.2, 0.25) is 0 Å². The molecule has 8 nitrogen and oxygen atoms in total. The number of hydrogen-bond acceptors (Lipinski definition) is 5. The molecular formula is C22H20F3N5O3. The Hall–Kier alpha value is -4.15. The first-order valence-corrected chi connectivity index (χ1v) is 9.84. The van der Waals surface area contributed by atoms with Crippen molar-refractivity contribution in [3.63, 3.8) is 0 Å². The highest BCUT2D eigenvalue weighted by molar-refractivity contribution is 6.14. The quantitative estimate of drug-likeness (QED) is 0.443. The van der Waals surface area contributed by atoms with Gasteiger partial charge >= 0.3 is 12.1 Å². The molecule has 0 bridgehead atoms. The Bertz CT molecular complexity index is 1200. The second-order valence-electron chi connectivity index (χ2n) is 6.91. The maximum absolute atomic E-state index is 12.3. The minimum atomic E-state index is -5.08. The highest BCUT2D eigenvalue weighted by Crippen LogP contribution is 2.21. The number of carbonyl (C=O) groups is 2. The average Bonchev–Trinajstić information content (AvgIpc) is 3.36. The van der Waals surface area contributed by atoms with Crippen molar-refractivity contribution in [2.24, 2.45) is 4.99 Å². The number of pyridine rings is 1. The number of nitrogens with one attached hydrogen (secondary N) is 3. The Morgan fingerprint density at radius 2 is 1.91 bits per heavy atom. The summed E-state index contributed by atoms with van der Waals surface area (Å²) in [6.07, 6.45) is 1.13. The zero-order valence-electron chi connectivity index (χ0n) is 17.3. The Balaban J connectivity index is 0.000000383. The van der Waals surface area contributed by atoms with Gasteiger partial charge in [0, 0.05) is 23.3 Å². The van der Waals surface area contributed by atoms with E-state index in [0.717, 1.165) is 28.6 Å². The van der Waals surface area contributed by atoms with Crippen LogP contribution >= 0.6 is 0 Å². The van der Waals surface area contributed by atoms with Gasteiger partial charge in [-0.15, -0.1) is 0 Å². The van der Waals surface area contributed by atoms with E-state index in [4.69, 9.17) is 9.90 Å². The maximum atomic E-state index is 12.3. The molecule has 4 N–H and O–H groups in total. The number of halogens is 3. The molecule has 1 amide bonds. The van der Waals surface area contributed by atoms with Gasteiger partial charge in [0.2, 0.25) is 5.96 Å². The second kappa shape index (κ2) is 9.98. The highest BCUT2D eigenvalue weighted by atomic mass is 19.4. The number of benzene rings is 1. The van der Waals surface area contributed by atoms with Crippen LogP contribution < -0.4 is 10.6 Å². The van der Waals surface area contributed by atoms with Crippen LogP contribution in [0.4, 0.5) is 13.2 Å². The third-order valence-corrected chi connectivity index (χ3v) is 4.64. The molecule has 1 unspecified atom stereocenters. The first kappa shape index (κ1) is 23.5. The van der Waals surface area contributed by atoms with Gasteiger partial charge in [0.1, 0.15) is 11.3 Å². The summed E-state index contributed by atoms with van der Waals surface area (Å²) in [6, 6.07) is 14.0. The fourth-order valence-corrected chi connectivity index (χ4v) is 3.05. The van der Waals surface area contributed by atoms with Crippen LogP contribution in [0.3, 0.4) is 0 Å². The SMILES string of the molecule is CCC(NC1=NC(=Cc2c[nH]c3ncccc23)C(=O)N1)c1ccccc1.O=C(O)C(F)(F)F. The monoisotopic (exact) mass is 459 g/mol. The number of rotatable bonds is 4. The van der Waals surface area contributed by atoms with E-state index in [1.54, 1.807) is 12.3 Å². The molecule has 172 valence electrons. The highest BCUT2D eigenvalue weighted by Gasteiger charge is 2.38. The molecule has 3 aromatic rings. The van der Waals surface area contributed by atoms with Crippen LogP contribution in [0.25, 0.3) is 17.1 Å². The lowest BCUT2D eigenvalue weighted by Crippen LogP contribution is -2.38. The summed E-state index contributed by atoms with van der Waals surface area (Å²) in [7, 11) is 0. The van der Waals surface area contributed by atoms with Gasteiger partial charge in [0.05, 0.1) is 6.04 Å². The average molecular weight is 459 g/mol. The maximum Gasteiger partial charge on any atom is 0.490 e. The molecule has 1 aromatic carbocycles. The number of guanidine groups is 1. The number of carbonyl (C=O) groups excluding carboxylic acids is 1. The molecule has 2 aromatic heterocycles. The van der Waals surface area contributed by atoms with Crippen LogP contribution in [0, 0.1) is 0 Å². The van der Waals surface area contributed by atoms with E-state index in [9.17, 15) is 18.0 Å². The van der Waals surface area contributed by atoms with Crippen molar-refractivity contribution >= 4 is 34.9 Å². The number of aromatic amines is 1. The lowest BCUT2D eigenvalue weighted by Gasteiger charge is -2.17. The molecule has 3 heterocycles. The smallest absolute Gasteiger partial charge is 0.475 e. The van der Waals surface area contributed by atoms with E-state index in [2.05, 4.69) is 44.7 Å². The van der Waals surface area contributed by atoms with Crippen molar-refractivity contribution in [1.29, 1.82) is 0 Å². The number of carboxylic acids is 1. The number of hydrogen-bond donors (Lipinski definition) is 4. The molecule has 0 aliphatic carbocycles. The third kappa shape index (κ3) is 5.97. The summed E-state index contributed by atoms with van der Waals surface area (Å²) in [4.78, 5) is 33.0. The molecule has 1 atom stereocenters. The predicted octanol–water partition coefficient (Wildman–Crippen LogP) is 3.76. The fraction of sp³-hybridized carbons (Fsp3) is 0.182. The van der Waals surface area contributed by atoms with E-state index in [0.29, 0.717) is 11.7 Å². The van der Waals surface area contributed by atoms with Gasteiger partial charge in [-0.2, -0.15) is 13.2 Å². The number of nitrogens with zero attached hydrogens (tertiary/aromatic N) is 2. The van der Waals surface area contributed by atoms with Gasteiger partial charge in [0.15, 0.2) is 0 Å². The summed E-state index contributed by atoms with van der Waals surface area (Å²) >= 11 is 0. The number of aliphatic carboxylic acids is 1. The summed E-state index contributed by atoms with van der Waals surface area (Å²) in [6.45, 7) is 2.09. The van der Waals surface area contributed by atoms with Crippen molar-refractivity contribution in [2.45, 2.75) is 25.6 Å². The minimum absolute atomic E-state index is 0.0897. The summed E-state index contributed by atoms with van der Waals surface area (Å²) in [5.41, 5.74) is 3.21. The number of aromatic nitrogens is 2. The molecule has 0 radical (unpaired) electrons. The van der Waals surface area contributed by atoms with Gasteiger partial charge < -0.3 is 15.4 Å². The van der Waals surface area contributed by atoms with Gasteiger partial charge in [-0.25, -0.2) is 14.8 Å². The summed E-state index contributed by atoms with van der Waals surface area (Å²) < 4.78 is 31.7.